The van der Waals surface area contributed by atoms with Gasteiger partial charge in [0, 0.05) is 12.6 Å². The zero-order chi connectivity index (χ0) is 23.2. The molecule has 0 spiro atoms. The zero-order valence-electron chi connectivity index (χ0n) is 18.3. The number of ether oxygens (including phenoxy) is 2. The van der Waals surface area contributed by atoms with Crippen molar-refractivity contribution in [2.24, 2.45) is 0 Å². The Morgan fingerprint density at radius 1 is 0.939 bits per heavy atom. The van der Waals surface area contributed by atoms with E-state index in [2.05, 4.69) is 10.6 Å². The monoisotopic (exact) mass is 446 g/mol. The van der Waals surface area contributed by atoms with Crippen molar-refractivity contribution >= 4 is 23.2 Å². The van der Waals surface area contributed by atoms with Crippen LogP contribution in [0, 0.1) is 12.7 Å². The van der Waals surface area contributed by atoms with Crippen LogP contribution in [0.4, 0.5) is 15.8 Å². The summed E-state index contributed by atoms with van der Waals surface area (Å²) >= 11 is 0. The minimum Gasteiger partial charge on any atom is -0.454 e. The first-order valence-corrected chi connectivity index (χ1v) is 10.8. The highest BCUT2D eigenvalue weighted by Crippen LogP contribution is 2.51. The molecule has 0 atom stereocenters. The van der Waals surface area contributed by atoms with Crippen molar-refractivity contribution in [2.75, 3.05) is 17.4 Å². The summed E-state index contributed by atoms with van der Waals surface area (Å²) in [6.07, 6.45) is 1.51. The molecule has 1 aliphatic carbocycles. The molecule has 5 rings (SSSR count). The van der Waals surface area contributed by atoms with Crippen molar-refractivity contribution < 1.29 is 23.5 Å². The Morgan fingerprint density at radius 2 is 1.73 bits per heavy atom. The van der Waals surface area contributed by atoms with Crippen LogP contribution in [0.2, 0.25) is 0 Å². The molecule has 33 heavy (non-hydrogen) atoms. The molecule has 3 aromatic carbocycles. The summed E-state index contributed by atoms with van der Waals surface area (Å²) in [4.78, 5) is 24.5. The van der Waals surface area contributed by atoms with Crippen LogP contribution in [0.5, 0.6) is 11.5 Å². The lowest BCUT2D eigenvalue weighted by Gasteiger charge is -2.17. The van der Waals surface area contributed by atoms with Gasteiger partial charge in [0.15, 0.2) is 11.5 Å². The Hall–Kier alpha value is -3.87. The predicted molar refractivity (Wildman–Crippen MR) is 123 cm³/mol. The summed E-state index contributed by atoms with van der Waals surface area (Å²) in [5.41, 5.74) is 3.50. The number of fused-ring (bicyclic) bond motifs is 1. The molecule has 1 fully saturated rings. The summed E-state index contributed by atoms with van der Waals surface area (Å²) in [5.74, 6) is 0.419. The normalized spacial score (nSPS) is 15.1. The third kappa shape index (κ3) is 3.91. The molecular formula is C26H23FN2O4. The largest absolute Gasteiger partial charge is 0.454 e. The molecular weight excluding hydrogens is 423 g/mol. The molecule has 0 unspecified atom stereocenters. The van der Waals surface area contributed by atoms with Gasteiger partial charge in [-0.2, -0.15) is 0 Å². The van der Waals surface area contributed by atoms with Crippen molar-refractivity contribution in [1.82, 2.24) is 0 Å². The van der Waals surface area contributed by atoms with Crippen molar-refractivity contribution in [1.29, 1.82) is 0 Å². The Morgan fingerprint density at radius 3 is 2.45 bits per heavy atom. The van der Waals surface area contributed by atoms with Gasteiger partial charge >= 0.3 is 0 Å². The van der Waals surface area contributed by atoms with Gasteiger partial charge in [0.2, 0.25) is 18.6 Å². The van der Waals surface area contributed by atoms with Crippen LogP contribution in [-0.4, -0.2) is 18.6 Å². The van der Waals surface area contributed by atoms with Crippen molar-refractivity contribution in [3.63, 3.8) is 0 Å². The van der Waals surface area contributed by atoms with E-state index in [4.69, 9.17) is 9.47 Å². The summed E-state index contributed by atoms with van der Waals surface area (Å²) < 4.78 is 25.3. The summed E-state index contributed by atoms with van der Waals surface area (Å²) in [5, 5.41) is 5.51. The highest BCUT2D eigenvalue weighted by molar-refractivity contribution is 6.02. The van der Waals surface area contributed by atoms with Gasteiger partial charge in [0.1, 0.15) is 5.82 Å². The van der Waals surface area contributed by atoms with Gasteiger partial charge in [0.25, 0.3) is 0 Å². The lowest BCUT2D eigenvalue weighted by molar-refractivity contribution is -0.118. The lowest BCUT2D eigenvalue weighted by Crippen LogP contribution is -2.27. The first-order chi connectivity index (χ1) is 15.9. The predicted octanol–water partition coefficient (Wildman–Crippen LogP) is 5.16. The fourth-order valence-corrected chi connectivity index (χ4v) is 4.20. The Balaban J connectivity index is 1.39. The molecule has 1 aliphatic heterocycles. The maximum absolute atomic E-state index is 14.5. The van der Waals surface area contributed by atoms with Gasteiger partial charge in [-0.05, 0) is 78.4 Å². The Bertz CT molecular complexity index is 1280. The first-order valence-electron chi connectivity index (χ1n) is 10.8. The zero-order valence-corrected chi connectivity index (χ0v) is 18.3. The molecule has 2 amide bonds. The number of nitrogens with one attached hydrogen (secondary N) is 2. The number of aryl methyl sites for hydroxylation is 1. The summed E-state index contributed by atoms with van der Waals surface area (Å²) in [6, 6.07) is 15.9. The van der Waals surface area contributed by atoms with Gasteiger partial charge in [-0.1, -0.05) is 18.2 Å². The number of carbonyl (C=O) groups is 2. The molecule has 1 saturated carbocycles. The quantitative estimate of drug-likeness (QED) is 0.568. The molecule has 168 valence electrons. The van der Waals surface area contributed by atoms with Crippen LogP contribution in [0.1, 0.15) is 30.9 Å². The van der Waals surface area contributed by atoms with Crippen LogP contribution in [0.15, 0.2) is 54.6 Å². The molecule has 0 aromatic heterocycles. The van der Waals surface area contributed by atoms with Crippen LogP contribution in [0.3, 0.4) is 0 Å². The molecule has 0 saturated heterocycles. The fraction of sp³-hybridized carbons (Fsp3) is 0.231. The van der Waals surface area contributed by atoms with E-state index >= 15 is 0 Å². The van der Waals surface area contributed by atoms with Gasteiger partial charge in [-0.25, -0.2) is 4.39 Å². The van der Waals surface area contributed by atoms with Gasteiger partial charge in [0.05, 0.1) is 11.1 Å². The standard InChI is InChI=1S/C26H23FN2O4/c1-15-3-6-19(13-20(15)17-4-7-22(21(27)11-17)28-16(2)30)29-25(31)26(9-10-26)18-5-8-23-24(12-18)33-14-32-23/h3-8,11-13H,9-10,14H2,1-2H3,(H,28,30)(H,29,31). The topological polar surface area (TPSA) is 76.7 Å². The van der Waals surface area contributed by atoms with Crippen LogP contribution < -0.4 is 20.1 Å². The highest BCUT2D eigenvalue weighted by atomic mass is 19.1. The number of hydrogen-bond acceptors (Lipinski definition) is 4. The third-order valence-electron chi connectivity index (χ3n) is 6.20. The average Bonchev–Trinajstić information content (AvgIpc) is 3.47. The molecule has 7 heteroatoms. The Labute approximate surface area is 190 Å². The third-order valence-corrected chi connectivity index (χ3v) is 6.20. The van der Waals surface area contributed by atoms with E-state index in [9.17, 15) is 14.0 Å². The van der Waals surface area contributed by atoms with Crippen molar-refractivity contribution in [3.05, 3.63) is 71.5 Å². The average molecular weight is 446 g/mol. The van der Waals surface area contributed by atoms with E-state index in [-0.39, 0.29) is 24.3 Å². The van der Waals surface area contributed by atoms with Gasteiger partial charge in [-0.15, -0.1) is 0 Å². The van der Waals surface area contributed by atoms with Crippen LogP contribution in [-0.2, 0) is 15.0 Å². The first kappa shape index (κ1) is 21.0. The molecule has 3 aromatic rings. The molecule has 0 radical (unpaired) electrons. The highest BCUT2D eigenvalue weighted by Gasteiger charge is 2.51. The second-order valence-corrected chi connectivity index (χ2v) is 8.51. The van der Waals surface area contributed by atoms with E-state index in [1.165, 1.54) is 19.1 Å². The van der Waals surface area contributed by atoms with E-state index < -0.39 is 11.2 Å². The van der Waals surface area contributed by atoms with Crippen LogP contribution in [0.25, 0.3) is 11.1 Å². The van der Waals surface area contributed by atoms with E-state index in [0.29, 0.717) is 22.7 Å². The molecule has 2 aliphatic rings. The smallest absolute Gasteiger partial charge is 0.235 e. The number of carbonyl (C=O) groups excluding carboxylic acids is 2. The maximum atomic E-state index is 14.5. The number of anilines is 2. The van der Waals surface area contributed by atoms with E-state index in [1.54, 1.807) is 6.07 Å². The molecule has 0 bridgehead atoms. The molecule has 6 nitrogen and oxygen atoms in total. The number of halogens is 1. The number of rotatable bonds is 5. The van der Waals surface area contributed by atoms with E-state index in [0.717, 1.165) is 29.5 Å². The summed E-state index contributed by atoms with van der Waals surface area (Å²) in [6.45, 7) is 3.45. The SMILES string of the molecule is CC(=O)Nc1ccc(-c2cc(NC(=O)C3(c4ccc5c(c4)OCO5)CC3)ccc2C)cc1F. The minimum absolute atomic E-state index is 0.0802. The maximum Gasteiger partial charge on any atom is 0.235 e. The number of amides is 2. The molecule has 1 heterocycles. The van der Waals surface area contributed by atoms with Gasteiger partial charge < -0.3 is 20.1 Å². The number of hydrogen-bond donors (Lipinski definition) is 2. The van der Waals surface area contributed by atoms with E-state index in [1.807, 2.05) is 43.3 Å². The molecule has 2 N–H and O–H groups in total. The van der Waals surface area contributed by atoms with Gasteiger partial charge in [-0.3, -0.25) is 9.59 Å². The van der Waals surface area contributed by atoms with Crippen molar-refractivity contribution in [2.45, 2.75) is 32.1 Å². The Kier molecular flexibility index (Phi) is 5.04. The minimum atomic E-state index is -0.585. The summed E-state index contributed by atoms with van der Waals surface area (Å²) in [7, 11) is 0. The van der Waals surface area contributed by atoms with Crippen molar-refractivity contribution in [3.8, 4) is 22.6 Å². The second kappa shape index (κ2) is 7.92. The fourth-order valence-electron chi connectivity index (χ4n) is 4.20. The second-order valence-electron chi connectivity index (χ2n) is 8.51. The van der Waals surface area contributed by atoms with Crippen LogP contribution >= 0.6 is 0 Å². The number of benzene rings is 3. The lowest BCUT2D eigenvalue weighted by atomic mass is 9.94.